The van der Waals surface area contributed by atoms with Gasteiger partial charge in [-0.25, -0.2) is 0 Å². The van der Waals surface area contributed by atoms with Crippen LogP contribution in [0.1, 0.15) is 10.4 Å². The van der Waals surface area contributed by atoms with Crippen LogP contribution in [0.15, 0.2) is 11.4 Å². The number of aryl methyl sites for hydroxylation is 1. The van der Waals surface area contributed by atoms with Crippen LogP contribution in [0.4, 0.5) is 0 Å². The lowest BCUT2D eigenvalue weighted by Crippen LogP contribution is -2.31. The average Bonchev–Trinajstić information content (AvgIpc) is 2.50. The minimum atomic E-state index is -0.0206. The zero-order chi connectivity index (χ0) is 9.84. The van der Waals surface area contributed by atoms with Crippen LogP contribution < -0.4 is 5.73 Å². The Kier molecular flexibility index (Phi) is 3.45. The zero-order valence-corrected chi connectivity index (χ0v) is 8.73. The summed E-state index contributed by atoms with van der Waals surface area (Å²) in [6, 6.07) is 2.06. The Labute approximate surface area is 82.2 Å². The van der Waals surface area contributed by atoms with E-state index in [-0.39, 0.29) is 12.5 Å². The molecule has 1 rings (SSSR count). The maximum atomic E-state index is 11.2. The van der Waals surface area contributed by atoms with Crippen molar-refractivity contribution in [1.82, 2.24) is 4.90 Å². The molecule has 3 nitrogen and oxygen atoms in total. The first kappa shape index (κ1) is 10.2. The van der Waals surface area contributed by atoms with Crippen molar-refractivity contribution in [3.05, 3.63) is 21.9 Å². The van der Waals surface area contributed by atoms with Gasteiger partial charge in [0.05, 0.1) is 13.1 Å². The van der Waals surface area contributed by atoms with Crippen molar-refractivity contribution in [3.8, 4) is 0 Å². The van der Waals surface area contributed by atoms with Gasteiger partial charge in [-0.1, -0.05) is 0 Å². The summed E-state index contributed by atoms with van der Waals surface area (Å²) < 4.78 is 0. The fourth-order valence-corrected chi connectivity index (χ4v) is 1.98. The maximum Gasteiger partial charge on any atom is 0.236 e. The van der Waals surface area contributed by atoms with Crippen LogP contribution >= 0.6 is 11.3 Å². The summed E-state index contributed by atoms with van der Waals surface area (Å²) in [5, 5.41) is 2.03. The van der Waals surface area contributed by atoms with Crippen LogP contribution in [0.3, 0.4) is 0 Å². The molecule has 2 N–H and O–H groups in total. The van der Waals surface area contributed by atoms with Gasteiger partial charge in [0, 0.05) is 11.9 Å². The van der Waals surface area contributed by atoms with Gasteiger partial charge in [-0.3, -0.25) is 4.79 Å². The molecule has 4 heteroatoms. The van der Waals surface area contributed by atoms with E-state index < -0.39 is 0 Å². The second kappa shape index (κ2) is 4.39. The van der Waals surface area contributed by atoms with Gasteiger partial charge in [0.15, 0.2) is 0 Å². The molecule has 1 aromatic heterocycles. The molecule has 72 valence electrons. The Morgan fingerprint density at radius 2 is 2.38 bits per heavy atom. The van der Waals surface area contributed by atoms with Gasteiger partial charge in [-0.2, -0.15) is 0 Å². The molecule has 0 bridgehead atoms. The first-order chi connectivity index (χ1) is 6.15. The molecule has 0 unspecified atom stereocenters. The Balaban J connectivity index is 2.59. The number of nitrogens with two attached hydrogens (primary N) is 1. The monoisotopic (exact) mass is 198 g/mol. The molecule has 1 heterocycles. The van der Waals surface area contributed by atoms with Crippen molar-refractivity contribution in [1.29, 1.82) is 0 Å². The predicted octanol–water partition coefficient (Wildman–Crippen LogP) is 0.974. The number of carbonyl (C=O) groups excluding carboxylic acids is 1. The lowest BCUT2D eigenvalue weighted by molar-refractivity contribution is -0.128. The molecule has 0 fully saturated rings. The summed E-state index contributed by atoms with van der Waals surface area (Å²) >= 11 is 1.67. The minimum Gasteiger partial charge on any atom is -0.340 e. The molecular formula is C9H14N2OS. The van der Waals surface area contributed by atoms with Crippen LogP contribution in [0.5, 0.6) is 0 Å². The number of nitrogens with zero attached hydrogens (tertiary/aromatic N) is 1. The fourth-order valence-electron chi connectivity index (χ4n) is 1.03. The van der Waals surface area contributed by atoms with Crippen LogP contribution in [-0.4, -0.2) is 24.4 Å². The highest BCUT2D eigenvalue weighted by Crippen LogP contribution is 2.16. The molecule has 0 aromatic carbocycles. The number of amides is 1. The lowest BCUT2D eigenvalue weighted by Gasteiger charge is -2.15. The molecule has 0 aliphatic rings. The van der Waals surface area contributed by atoms with Crippen molar-refractivity contribution >= 4 is 17.2 Å². The van der Waals surface area contributed by atoms with Crippen molar-refractivity contribution in [2.75, 3.05) is 13.6 Å². The van der Waals surface area contributed by atoms with E-state index in [2.05, 4.69) is 6.07 Å². The number of hydrogen-bond acceptors (Lipinski definition) is 3. The Morgan fingerprint density at radius 1 is 1.69 bits per heavy atom. The molecule has 0 aliphatic heterocycles. The highest BCUT2D eigenvalue weighted by Gasteiger charge is 2.08. The lowest BCUT2D eigenvalue weighted by atomic mass is 10.3. The molecule has 0 radical (unpaired) electrons. The highest BCUT2D eigenvalue weighted by atomic mass is 32.1. The summed E-state index contributed by atoms with van der Waals surface area (Å²) in [5.41, 5.74) is 6.49. The van der Waals surface area contributed by atoms with E-state index in [1.165, 1.54) is 10.4 Å². The standard InChI is InChI=1S/C9H14N2OS/c1-7-3-4-13-8(7)6-11(2)9(12)5-10/h3-4H,5-6,10H2,1-2H3. The zero-order valence-electron chi connectivity index (χ0n) is 7.91. The van der Waals surface area contributed by atoms with Gasteiger partial charge in [0.1, 0.15) is 0 Å². The van der Waals surface area contributed by atoms with E-state index >= 15 is 0 Å². The van der Waals surface area contributed by atoms with Gasteiger partial charge in [0.25, 0.3) is 0 Å². The smallest absolute Gasteiger partial charge is 0.236 e. The summed E-state index contributed by atoms with van der Waals surface area (Å²) in [5.74, 6) is -0.0206. The van der Waals surface area contributed by atoms with E-state index in [1.807, 2.05) is 12.3 Å². The van der Waals surface area contributed by atoms with Crippen LogP contribution in [-0.2, 0) is 11.3 Å². The van der Waals surface area contributed by atoms with Crippen molar-refractivity contribution < 1.29 is 4.79 Å². The molecule has 0 saturated carbocycles. The molecule has 0 saturated heterocycles. The summed E-state index contributed by atoms with van der Waals surface area (Å²) in [4.78, 5) is 14.0. The number of rotatable bonds is 3. The maximum absolute atomic E-state index is 11.2. The third kappa shape index (κ3) is 2.54. The van der Waals surface area contributed by atoms with Gasteiger partial charge in [0.2, 0.25) is 5.91 Å². The molecule has 1 amide bonds. The van der Waals surface area contributed by atoms with Crippen LogP contribution in [0, 0.1) is 6.92 Å². The van der Waals surface area contributed by atoms with Gasteiger partial charge in [-0.05, 0) is 23.9 Å². The fraction of sp³-hybridized carbons (Fsp3) is 0.444. The van der Waals surface area contributed by atoms with E-state index in [1.54, 1.807) is 23.3 Å². The number of hydrogen-bond donors (Lipinski definition) is 1. The van der Waals surface area contributed by atoms with Crippen LogP contribution in [0.25, 0.3) is 0 Å². The Bertz CT molecular complexity index is 296. The summed E-state index contributed by atoms with van der Waals surface area (Å²) in [6.45, 7) is 2.80. The van der Waals surface area contributed by atoms with Gasteiger partial charge < -0.3 is 10.6 Å². The minimum absolute atomic E-state index is 0.0206. The molecule has 1 aromatic rings. The Hall–Kier alpha value is -0.870. The average molecular weight is 198 g/mol. The molecule has 13 heavy (non-hydrogen) atoms. The van der Waals surface area contributed by atoms with E-state index in [9.17, 15) is 4.79 Å². The topological polar surface area (TPSA) is 46.3 Å². The molecule has 0 aliphatic carbocycles. The molecule has 0 atom stereocenters. The van der Waals surface area contributed by atoms with Crippen LogP contribution in [0.2, 0.25) is 0 Å². The van der Waals surface area contributed by atoms with Crippen molar-refractivity contribution in [3.63, 3.8) is 0 Å². The molecule has 0 spiro atoms. The quantitative estimate of drug-likeness (QED) is 0.786. The van der Waals surface area contributed by atoms with E-state index in [0.717, 1.165) is 0 Å². The number of carbonyl (C=O) groups is 1. The second-order valence-electron chi connectivity index (χ2n) is 2.98. The SMILES string of the molecule is Cc1ccsc1CN(C)C(=O)CN. The van der Waals surface area contributed by atoms with Gasteiger partial charge in [-0.15, -0.1) is 11.3 Å². The second-order valence-corrected chi connectivity index (χ2v) is 3.98. The third-order valence-electron chi connectivity index (χ3n) is 1.95. The van der Waals surface area contributed by atoms with Crippen molar-refractivity contribution in [2.24, 2.45) is 5.73 Å². The first-order valence-electron chi connectivity index (χ1n) is 4.12. The van der Waals surface area contributed by atoms with E-state index in [4.69, 9.17) is 5.73 Å². The largest absolute Gasteiger partial charge is 0.340 e. The van der Waals surface area contributed by atoms with Gasteiger partial charge >= 0.3 is 0 Å². The molecular weight excluding hydrogens is 184 g/mol. The van der Waals surface area contributed by atoms with Crippen molar-refractivity contribution in [2.45, 2.75) is 13.5 Å². The Morgan fingerprint density at radius 3 is 2.85 bits per heavy atom. The normalized spacial score (nSPS) is 10.1. The number of thiophene rings is 1. The van der Waals surface area contributed by atoms with E-state index in [0.29, 0.717) is 6.54 Å². The predicted molar refractivity (Wildman–Crippen MR) is 54.6 cm³/mol. The summed E-state index contributed by atoms with van der Waals surface area (Å²) in [7, 11) is 1.77. The number of likely N-dealkylation sites (N-methyl/N-ethyl adjacent to an activating group) is 1. The first-order valence-corrected chi connectivity index (χ1v) is 5.00. The third-order valence-corrected chi connectivity index (χ3v) is 2.96. The summed E-state index contributed by atoms with van der Waals surface area (Å²) in [6.07, 6.45) is 0. The highest BCUT2D eigenvalue weighted by molar-refractivity contribution is 7.10.